The minimum Gasteiger partial charge on any atom is -0.480 e. The minimum atomic E-state index is -1.07. The predicted octanol–water partition coefficient (Wildman–Crippen LogP) is 2.46. The van der Waals surface area contributed by atoms with Gasteiger partial charge in [0.2, 0.25) is 0 Å². The molecule has 1 atom stereocenters. The smallest absolute Gasteiger partial charge is 0.326 e. The van der Waals surface area contributed by atoms with Crippen LogP contribution < -0.4 is 5.32 Å². The molecule has 0 heterocycles. The second-order valence-corrected chi connectivity index (χ2v) is 4.26. The second kappa shape index (κ2) is 6.17. The van der Waals surface area contributed by atoms with Gasteiger partial charge in [0.1, 0.15) is 11.9 Å². The molecule has 0 aliphatic heterocycles. The molecule has 5 nitrogen and oxygen atoms in total. The van der Waals surface area contributed by atoms with Crippen molar-refractivity contribution in [3.05, 3.63) is 29.6 Å². The molecule has 104 valence electrons. The predicted molar refractivity (Wildman–Crippen MR) is 69.6 cm³/mol. The van der Waals surface area contributed by atoms with E-state index in [4.69, 9.17) is 5.11 Å². The summed E-state index contributed by atoms with van der Waals surface area (Å²) in [4.78, 5) is 24.0. The molecule has 1 aromatic rings. The highest BCUT2D eigenvalue weighted by Gasteiger charge is 2.24. The molecule has 0 saturated heterocycles. The van der Waals surface area contributed by atoms with Crippen LogP contribution in [-0.4, -0.2) is 35.1 Å². The van der Waals surface area contributed by atoms with Crippen LogP contribution >= 0.6 is 0 Å². The molecule has 1 rings (SSSR count). The van der Waals surface area contributed by atoms with Crippen molar-refractivity contribution < 1.29 is 19.1 Å². The van der Waals surface area contributed by atoms with Crippen molar-refractivity contribution in [1.82, 2.24) is 4.90 Å². The van der Waals surface area contributed by atoms with Crippen LogP contribution in [0.1, 0.15) is 18.9 Å². The number of anilines is 1. The highest BCUT2D eigenvalue weighted by Crippen LogP contribution is 2.17. The number of halogens is 1. The molecular formula is C13H17FN2O3. The molecule has 0 radical (unpaired) electrons. The normalized spacial score (nSPS) is 11.8. The number of amides is 2. The Morgan fingerprint density at radius 1 is 1.47 bits per heavy atom. The van der Waals surface area contributed by atoms with Crippen LogP contribution in [0, 0.1) is 12.7 Å². The molecule has 0 aliphatic rings. The molecule has 0 aromatic heterocycles. The van der Waals surface area contributed by atoms with Crippen molar-refractivity contribution in [2.45, 2.75) is 26.3 Å². The standard InChI is InChI=1S/C13H17FN2O3/c1-4-11(12(17)18)16(3)13(19)15-10-7-9(14)6-5-8(10)2/h5-7,11H,4H2,1-3H3,(H,15,19)(H,17,18). The summed E-state index contributed by atoms with van der Waals surface area (Å²) in [5, 5.41) is 11.5. The Morgan fingerprint density at radius 2 is 2.11 bits per heavy atom. The van der Waals surface area contributed by atoms with E-state index in [9.17, 15) is 14.0 Å². The Hall–Kier alpha value is -2.11. The highest BCUT2D eigenvalue weighted by atomic mass is 19.1. The molecule has 0 bridgehead atoms. The first-order valence-electron chi connectivity index (χ1n) is 5.89. The number of aryl methyl sites for hydroxylation is 1. The van der Waals surface area contributed by atoms with Crippen molar-refractivity contribution >= 4 is 17.7 Å². The quantitative estimate of drug-likeness (QED) is 0.881. The molecule has 6 heteroatoms. The monoisotopic (exact) mass is 268 g/mol. The molecule has 2 N–H and O–H groups in total. The number of hydrogen-bond donors (Lipinski definition) is 2. The maximum Gasteiger partial charge on any atom is 0.326 e. The number of nitrogens with zero attached hydrogens (tertiary/aromatic N) is 1. The maximum atomic E-state index is 13.1. The SMILES string of the molecule is CCC(C(=O)O)N(C)C(=O)Nc1cc(F)ccc1C. The van der Waals surface area contributed by atoms with Crippen molar-refractivity contribution in [3.8, 4) is 0 Å². The van der Waals surface area contributed by atoms with Crippen LogP contribution in [0.25, 0.3) is 0 Å². The van der Waals surface area contributed by atoms with Gasteiger partial charge in [-0.15, -0.1) is 0 Å². The van der Waals surface area contributed by atoms with E-state index in [1.807, 2.05) is 0 Å². The first-order chi connectivity index (χ1) is 8.86. The summed E-state index contributed by atoms with van der Waals surface area (Å²) < 4.78 is 13.1. The maximum absolute atomic E-state index is 13.1. The Balaban J connectivity index is 2.84. The molecule has 0 spiro atoms. The molecule has 19 heavy (non-hydrogen) atoms. The van der Waals surface area contributed by atoms with Gasteiger partial charge >= 0.3 is 12.0 Å². The minimum absolute atomic E-state index is 0.293. The van der Waals surface area contributed by atoms with Gasteiger partial charge in [0.15, 0.2) is 0 Å². The Kier molecular flexibility index (Phi) is 4.86. The van der Waals surface area contributed by atoms with Crippen LogP contribution in [0.2, 0.25) is 0 Å². The van der Waals surface area contributed by atoms with E-state index in [2.05, 4.69) is 5.32 Å². The fourth-order valence-electron chi connectivity index (χ4n) is 1.69. The van der Waals surface area contributed by atoms with E-state index < -0.39 is 23.9 Å². The van der Waals surface area contributed by atoms with E-state index in [0.717, 1.165) is 4.90 Å². The zero-order valence-electron chi connectivity index (χ0n) is 11.1. The third kappa shape index (κ3) is 3.67. The number of carboxylic acid groups (broad SMARTS) is 1. The number of carboxylic acids is 1. The first kappa shape index (κ1) is 14.9. The lowest BCUT2D eigenvalue weighted by atomic mass is 10.2. The zero-order valence-corrected chi connectivity index (χ0v) is 11.1. The van der Waals surface area contributed by atoms with Gasteiger partial charge in [-0.05, 0) is 31.0 Å². The van der Waals surface area contributed by atoms with Gasteiger partial charge in [0.05, 0.1) is 0 Å². The number of likely N-dealkylation sites (N-methyl/N-ethyl adjacent to an activating group) is 1. The number of urea groups is 1. The van der Waals surface area contributed by atoms with Crippen molar-refractivity contribution in [2.75, 3.05) is 12.4 Å². The highest BCUT2D eigenvalue weighted by molar-refractivity contribution is 5.92. The molecule has 0 aliphatic carbocycles. The van der Waals surface area contributed by atoms with Crippen molar-refractivity contribution in [1.29, 1.82) is 0 Å². The van der Waals surface area contributed by atoms with Crippen LogP contribution in [0.3, 0.4) is 0 Å². The lowest BCUT2D eigenvalue weighted by molar-refractivity contribution is -0.141. The molecule has 1 unspecified atom stereocenters. The number of benzene rings is 1. The third-order valence-corrected chi connectivity index (χ3v) is 2.90. The molecular weight excluding hydrogens is 251 g/mol. The van der Waals surface area contributed by atoms with Crippen LogP contribution in [0.5, 0.6) is 0 Å². The summed E-state index contributed by atoms with van der Waals surface area (Å²) in [7, 11) is 1.40. The number of hydrogen-bond acceptors (Lipinski definition) is 2. The van der Waals surface area contributed by atoms with Gasteiger partial charge in [-0.1, -0.05) is 13.0 Å². The fraction of sp³-hybridized carbons (Fsp3) is 0.385. The lowest BCUT2D eigenvalue weighted by Crippen LogP contribution is -2.44. The van der Waals surface area contributed by atoms with E-state index in [1.54, 1.807) is 19.9 Å². The lowest BCUT2D eigenvalue weighted by Gasteiger charge is -2.24. The van der Waals surface area contributed by atoms with E-state index in [1.165, 1.54) is 19.2 Å². The van der Waals surface area contributed by atoms with Gasteiger partial charge in [0.25, 0.3) is 0 Å². The van der Waals surface area contributed by atoms with Crippen LogP contribution in [-0.2, 0) is 4.79 Å². The Labute approximate surface area is 111 Å². The summed E-state index contributed by atoms with van der Waals surface area (Å²) in [6, 6.07) is 2.54. The number of rotatable bonds is 4. The van der Waals surface area contributed by atoms with E-state index in [0.29, 0.717) is 17.7 Å². The number of nitrogens with one attached hydrogen (secondary N) is 1. The largest absolute Gasteiger partial charge is 0.480 e. The van der Waals surface area contributed by atoms with Crippen molar-refractivity contribution in [3.63, 3.8) is 0 Å². The summed E-state index contributed by atoms with van der Waals surface area (Å²) in [5.41, 5.74) is 1.03. The summed E-state index contributed by atoms with van der Waals surface area (Å²) in [5.74, 6) is -1.54. The molecule has 0 fully saturated rings. The molecule has 1 aromatic carbocycles. The average molecular weight is 268 g/mol. The van der Waals surface area contributed by atoms with Gasteiger partial charge in [-0.3, -0.25) is 0 Å². The van der Waals surface area contributed by atoms with Gasteiger partial charge in [-0.25, -0.2) is 14.0 Å². The Bertz CT molecular complexity index is 491. The molecule has 0 saturated carbocycles. The zero-order chi connectivity index (χ0) is 14.6. The van der Waals surface area contributed by atoms with Gasteiger partial charge in [0, 0.05) is 12.7 Å². The fourth-order valence-corrected chi connectivity index (χ4v) is 1.69. The summed E-state index contributed by atoms with van der Waals surface area (Å²) in [6.07, 6.45) is 0.293. The number of aliphatic carboxylic acids is 1. The first-order valence-corrected chi connectivity index (χ1v) is 5.89. The topological polar surface area (TPSA) is 69.6 Å². The van der Waals surface area contributed by atoms with Gasteiger partial charge < -0.3 is 15.3 Å². The second-order valence-electron chi connectivity index (χ2n) is 4.26. The number of carbonyl (C=O) groups is 2. The van der Waals surface area contributed by atoms with Crippen LogP contribution in [0.15, 0.2) is 18.2 Å². The molecule has 2 amide bonds. The Morgan fingerprint density at radius 3 is 2.63 bits per heavy atom. The number of carbonyl (C=O) groups excluding carboxylic acids is 1. The average Bonchev–Trinajstić information content (AvgIpc) is 2.34. The van der Waals surface area contributed by atoms with Crippen LogP contribution in [0.4, 0.5) is 14.9 Å². The summed E-state index contributed by atoms with van der Waals surface area (Å²) in [6.45, 7) is 3.40. The van der Waals surface area contributed by atoms with E-state index >= 15 is 0 Å². The third-order valence-electron chi connectivity index (χ3n) is 2.90. The summed E-state index contributed by atoms with van der Waals surface area (Å²) >= 11 is 0. The van der Waals surface area contributed by atoms with Crippen molar-refractivity contribution in [2.24, 2.45) is 0 Å². The van der Waals surface area contributed by atoms with Gasteiger partial charge in [-0.2, -0.15) is 0 Å². The van der Waals surface area contributed by atoms with E-state index in [-0.39, 0.29) is 0 Å².